The first kappa shape index (κ1) is 11.6. The van der Waals surface area contributed by atoms with Gasteiger partial charge in [0.05, 0.1) is 17.6 Å². The van der Waals surface area contributed by atoms with Crippen LogP contribution in [0.5, 0.6) is 0 Å². The van der Waals surface area contributed by atoms with Gasteiger partial charge in [0.2, 0.25) is 0 Å². The van der Waals surface area contributed by atoms with E-state index in [0.717, 1.165) is 17.9 Å². The van der Waals surface area contributed by atoms with E-state index in [0.29, 0.717) is 5.69 Å². The molecule has 0 aliphatic rings. The number of rotatable bonds is 2. The van der Waals surface area contributed by atoms with Crippen LogP contribution in [0.4, 0.5) is 5.69 Å². The smallest absolute Gasteiger partial charge is 0.133 e. The first-order valence-electron chi connectivity index (χ1n) is 5.70. The third-order valence-electron chi connectivity index (χ3n) is 2.71. The fourth-order valence-corrected chi connectivity index (χ4v) is 1.96. The summed E-state index contributed by atoms with van der Waals surface area (Å²) in [5.41, 5.74) is 11.0. The zero-order valence-electron chi connectivity index (χ0n) is 10.5. The van der Waals surface area contributed by atoms with Gasteiger partial charge in [-0.3, -0.25) is 0 Å². The average molecular weight is 227 g/mol. The molecule has 0 amide bonds. The number of aromatic nitrogens is 2. The van der Waals surface area contributed by atoms with Crippen molar-refractivity contribution in [1.29, 1.82) is 0 Å². The molecule has 3 heteroatoms. The molecular weight excluding hydrogens is 210 g/mol. The van der Waals surface area contributed by atoms with Gasteiger partial charge in [0.25, 0.3) is 0 Å². The second-order valence-electron chi connectivity index (χ2n) is 4.50. The number of benzene rings is 1. The summed E-state index contributed by atoms with van der Waals surface area (Å²) in [5, 5.41) is 0. The Labute approximate surface area is 102 Å². The van der Waals surface area contributed by atoms with Crippen molar-refractivity contribution in [3.8, 4) is 0 Å². The minimum atomic E-state index is 0.647. The molecule has 2 aromatic rings. The predicted octanol–water partition coefficient (Wildman–Crippen LogP) is 2.57. The highest BCUT2D eigenvalue weighted by atomic mass is 14.9. The number of nitrogen functional groups attached to an aromatic ring is 1. The maximum Gasteiger partial charge on any atom is 0.133 e. The van der Waals surface area contributed by atoms with E-state index in [1.54, 1.807) is 6.20 Å². The van der Waals surface area contributed by atoms with Gasteiger partial charge in [0.15, 0.2) is 0 Å². The van der Waals surface area contributed by atoms with Gasteiger partial charge in [-0.2, -0.15) is 0 Å². The molecule has 0 fully saturated rings. The number of hydrogen-bond acceptors (Lipinski definition) is 3. The van der Waals surface area contributed by atoms with Crippen molar-refractivity contribution >= 4 is 5.69 Å². The predicted molar refractivity (Wildman–Crippen MR) is 69.9 cm³/mol. The summed E-state index contributed by atoms with van der Waals surface area (Å²) in [4.78, 5) is 8.65. The van der Waals surface area contributed by atoms with Gasteiger partial charge in [0, 0.05) is 6.42 Å². The van der Waals surface area contributed by atoms with Crippen molar-refractivity contribution in [2.45, 2.75) is 27.2 Å². The number of hydrogen-bond donors (Lipinski definition) is 1. The third kappa shape index (κ3) is 2.81. The van der Waals surface area contributed by atoms with E-state index in [1.807, 2.05) is 6.92 Å². The molecule has 0 saturated carbocycles. The Kier molecular flexibility index (Phi) is 3.09. The van der Waals surface area contributed by atoms with E-state index in [2.05, 4.69) is 42.0 Å². The Morgan fingerprint density at radius 1 is 1.06 bits per heavy atom. The molecule has 0 atom stereocenters. The second kappa shape index (κ2) is 4.53. The summed E-state index contributed by atoms with van der Waals surface area (Å²) in [6.07, 6.45) is 2.43. The topological polar surface area (TPSA) is 51.8 Å². The fraction of sp³-hybridized carbons (Fsp3) is 0.286. The van der Waals surface area contributed by atoms with Crippen LogP contribution in [-0.2, 0) is 6.42 Å². The van der Waals surface area contributed by atoms with Gasteiger partial charge >= 0.3 is 0 Å². The molecular formula is C14H17N3. The fourth-order valence-electron chi connectivity index (χ4n) is 1.96. The Hall–Kier alpha value is -1.90. The lowest BCUT2D eigenvalue weighted by Gasteiger charge is -2.06. The van der Waals surface area contributed by atoms with Crippen molar-refractivity contribution in [2.75, 3.05) is 5.73 Å². The van der Waals surface area contributed by atoms with Gasteiger partial charge in [-0.15, -0.1) is 0 Å². The van der Waals surface area contributed by atoms with Crippen LogP contribution < -0.4 is 5.73 Å². The molecule has 0 unspecified atom stereocenters. The summed E-state index contributed by atoms with van der Waals surface area (Å²) in [5.74, 6) is 0.821. The van der Waals surface area contributed by atoms with E-state index >= 15 is 0 Å². The normalized spacial score (nSPS) is 10.5. The molecule has 2 N–H and O–H groups in total. The molecule has 0 bridgehead atoms. The lowest BCUT2D eigenvalue weighted by atomic mass is 10.0. The zero-order chi connectivity index (χ0) is 12.4. The van der Waals surface area contributed by atoms with Crippen LogP contribution in [0.1, 0.15) is 28.2 Å². The van der Waals surface area contributed by atoms with Crippen LogP contribution in [0.15, 0.2) is 24.4 Å². The quantitative estimate of drug-likeness (QED) is 0.857. The first-order valence-corrected chi connectivity index (χ1v) is 5.70. The van der Waals surface area contributed by atoms with Crippen molar-refractivity contribution in [1.82, 2.24) is 9.97 Å². The second-order valence-corrected chi connectivity index (χ2v) is 4.50. The van der Waals surface area contributed by atoms with E-state index < -0.39 is 0 Å². The number of aryl methyl sites for hydroxylation is 3. The zero-order valence-corrected chi connectivity index (χ0v) is 10.5. The van der Waals surface area contributed by atoms with E-state index in [4.69, 9.17) is 5.73 Å². The highest BCUT2D eigenvalue weighted by Crippen LogP contribution is 2.13. The maximum absolute atomic E-state index is 5.71. The van der Waals surface area contributed by atoms with Crippen molar-refractivity contribution in [3.63, 3.8) is 0 Å². The van der Waals surface area contributed by atoms with Crippen molar-refractivity contribution in [2.24, 2.45) is 0 Å². The Morgan fingerprint density at radius 3 is 2.29 bits per heavy atom. The van der Waals surface area contributed by atoms with Crippen molar-refractivity contribution < 1.29 is 0 Å². The SMILES string of the molecule is Cc1cc(C)cc(Cc2ncc(N)c(C)n2)c1. The van der Waals surface area contributed by atoms with Crippen LogP contribution >= 0.6 is 0 Å². The number of nitrogens with zero attached hydrogens (tertiary/aromatic N) is 2. The standard InChI is InChI=1S/C14H17N3/c1-9-4-10(2)6-12(5-9)7-14-16-8-13(15)11(3)17-14/h4-6,8H,7,15H2,1-3H3. The van der Waals surface area contributed by atoms with Gasteiger partial charge in [-0.05, 0) is 26.3 Å². The molecule has 0 saturated heterocycles. The largest absolute Gasteiger partial charge is 0.396 e. The summed E-state index contributed by atoms with van der Waals surface area (Å²) < 4.78 is 0. The summed E-state index contributed by atoms with van der Waals surface area (Å²) in [7, 11) is 0. The van der Waals surface area contributed by atoms with Crippen LogP contribution in [0.3, 0.4) is 0 Å². The minimum absolute atomic E-state index is 0.647. The Morgan fingerprint density at radius 2 is 1.71 bits per heavy atom. The highest BCUT2D eigenvalue weighted by Gasteiger charge is 2.03. The molecule has 1 heterocycles. The van der Waals surface area contributed by atoms with E-state index in [-0.39, 0.29) is 0 Å². The summed E-state index contributed by atoms with van der Waals surface area (Å²) in [6.45, 7) is 6.11. The summed E-state index contributed by atoms with van der Waals surface area (Å²) >= 11 is 0. The number of nitrogens with two attached hydrogens (primary N) is 1. The molecule has 0 spiro atoms. The monoisotopic (exact) mass is 227 g/mol. The van der Waals surface area contributed by atoms with E-state index in [9.17, 15) is 0 Å². The average Bonchev–Trinajstić information content (AvgIpc) is 2.22. The molecule has 0 aliphatic heterocycles. The maximum atomic E-state index is 5.71. The molecule has 17 heavy (non-hydrogen) atoms. The minimum Gasteiger partial charge on any atom is -0.396 e. The molecule has 1 aromatic heterocycles. The molecule has 0 aliphatic carbocycles. The lowest BCUT2D eigenvalue weighted by molar-refractivity contribution is 0.944. The molecule has 88 valence electrons. The number of anilines is 1. The van der Waals surface area contributed by atoms with Crippen LogP contribution in [-0.4, -0.2) is 9.97 Å². The van der Waals surface area contributed by atoms with Crippen LogP contribution in [0.25, 0.3) is 0 Å². The van der Waals surface area contributed by atoms with Gasteiger partial charge in [-0.1, -0.05) is 29.3 Å². The Bertz CT molecular complexity index is 527. The van der Waals surface area contributed by atoms with Gasteiger partial charge in [-0.25, -0.2) is 9.97 Å². The van der Waals surface area contributed by atoms with Gasteiger partial charge < -0.3 is 5.73 Å². The Balaban J connectivity index is 2.28. The van der Waals surface area contributed by atoms with Crippen LogP contribution in [0.2, 0.25) is 0 Å². The molecule has 1 aromatic carbocycles. The molecule has 0 radical (unpaired) electrons. The van der Waals surface area contributed by atoms with Crippen molar-refractivity contribution in [3.05, 3.63) is 52.6 Å². The van der Waals surface area contributed by atoms with Crippen LogP contribution in [0, 0.1) is 20.8 Å². The van der Waals surface area contributed by atoms with Gasteiger partial charge in [0.1, 0.15) is 5.82 Å². The van der Waals surface area contributed by atoms with E-state index in [1.165, 1.54) is 16.7 Å². The highest BCUT2D eigenvalue weighted by molar-refractivity contribution is 5.39. The molecule has 3 nitrogen and oxygen atoms in total. The lowest BCUT2D eigenvalue weighted by Crippen LogP contribution is -2.02. The third-order valence-corrected chi connectivity index (χ3v) is 2.71. The molecule has 2 rings (SSSR count). The summed E-state index contributed by atoms with van der Waals surface area (Å²) in [6, 6.07) is 6.50. The first-order chi connectivity index (χ1) is 8.04.